The summed E-state index contributed by atoms with van der Waals surface area (Å²) in [4.78, 5) is 23.1. The molecular formula is C27H40O4. The number of hydrogen-bond donors (Lipinski definition) is 0. The Kier molecular flexibility index (Phi) is 6.13. The maximum atomic E-state index is 11.7. The smallest absolute Gasteiger partial charge is 0.305 e. The van der Waals surface area contributed by atoms with E-state index in [4.69, 9.17) is 9.47 Å². The van der Waals surface area contributed by atoms with E-state index in [1.807, 2.05) is 0 Å². The van der Waals surface area contributed by atoms with Gasteiger partial charge in [-0.2, -0.15) is 0 Å². The van der Waals surface area contributed by atoms with Crippen LogP contribution >= 0.6 is 0 Å². The van der Waals surface area contributed by atoms with Gasteiger partial charge >= 0.3 is 11.9 Å². The fourth-order valence-electron chi connectivity index (χ4n) is 7.80. The van der Waals surface area contributed by atoms with Crippen LogP contribution in [-0.4, -0.2) is 25.2 Å². The van der Waals surface area contributed by atoms with Gasteiger partial charge < -0.3 is 9.47 Å². The number of carbonyl (C=O) groups is 2. The third kappa shape index (κ3) is 3.89. The fourth-order valence-corrected chi connectivity index (χ4v) is 7.80. The number of rotatable bonds is 5. The monoisotopic (exact) mass is 428 g/mol. The first-order valence-electron chi connectivity index (χ1n) is 12.3. The lowest BCUT2D eigenvalue weighted by atomic mass is 9.48. The highest BCUT2D eigenvalue weighted by Crippen LogP contribution is 2.65. The van der Waals surface area contributed by atoms with E-state index < -0.39 is 0 Å². The standard InChI is InChI=1S/C27H40O4/c1-17(6-11-25(29)30-5)22-9-10-23-21-8-7-19-16-20(31-18(2)28)12-14-26(19,3)24(21)13-15-27(22,23)4/h9,13,17,19-21,23H,6-8,10-12,14-16H2,1-5H3/t17?,19-,20-,21?,23?,26+,27-/m1/s1. The number of esters is 2. The minimum absolute atomic E-state index is 0.103. The summed E-state index contributed by atoms with van der Waals surface area (Å²) >= 11 is 0. The molecule has 0 amide bonds. The third-order valence-corrected chi connectivity index (χ3v) is 9.49. The SMILES string of the molecule is COC(=O)CCC(C)C1=CCC2C3CC[C@@H]4C[C@H](OC(C)=O)CC[C@]4(C)C3=CC[C@]12C. The molecule has 31 heavy (non-hydrogen) atoms. The zero-order chi connectivity index (χ0) is 22.4. The Hall–Kier alpha value is -1.58. The molecule has 0 aromatic carbocycles. The van der Waals surface area contributed by atoms with Crippen LogP contribution < -0.4 is 0 Å². The maximum absolute atomic E-state index is 11.7. The maximum Gasteiger partial charge on any atom is 0.305 e. The molecule has 4 aliphatic rings. The van der Waals surface area contributed by atoms with E-state index in [1.165, 1.54) is 33.3 Å². The van der Waals surface area contributed by atoms with E-state index in [-0.39, 0.29) is 28.9 Å². The van der Waals surface area contributed by atoms with Crippen molar-refractivity contribution in [1.29, 1.82) is 0 Å². The lowest BCUT2D eigenvalue weighted by Crippen LogP contribution is -2.48. The Balaban J connectivity index is 1.50. The first kappa shape index (κ1) is 22.6. The molecule has 0 heterocycles. The number of carbonyl (C=O) groups excluding carboxylic acids is 2. The first-order chi connectivity index (χ1) is 14.7. The molecule has 0 aliphatic heterocycles. The normalized spacial score (nSPS) is 39.9. The van der Waals surface area contributed by atoms with Crippen molar-refractivity contribution < 1.29 is 19.1 Å². The molecule has 4 rings (SSSR count). The van der Waals surface area contributed by atoms with Crippen molar-refractivity contribution >= 4 is 11.9 Å². The average Bonchev–Trinajstić information content (AvgIpc) is 3.09. The van der Waals surface area contributed by atoms with E-state index in [2.05, 4.69) is 32.9 Å². The van der Waals surface area contributed by atoms with Crippen LogP contribution in [0.2, 0.25) is 0 Å². The minimum Gasteiger partial charge on any atom is -0.469 e. The van der Waals surface area contributed by atoms with Crippen molar-refractivity contribution in [2.24, 2.45) is 34.5 Å². The van der Waals surface area contributed by atoms with Crippen LogP contribution in [-0.2, 0) is 19.1 Å². The summed E-state index contributed by atoms with van der Waals surface area (Å²) in [6.45, 7) is 8.79. The van der Waals surface area contributed by atoms with Gasteiger partial charge in [0.05, 0.1) is 7.11 Å². The Morgan fingerprint density at radius 2 is 1.94 bits per heavy atom. The fraction of sp³-hybridized carbons (Fsp3) is 0.778. The molecule has 4 nitrogen and oxygen atoms in total. The zero-order valence-electron chi connectivity index (χ0n) is 20.0. The Bertz CT molecular complexity index is 795. The lowest BCUT2D eigenvalue weighted by molar-refractivity contribution is -0.151. The molecule has 0 bridgehead atoms. The van der Waals surface area contributed by atoms with E-state index >= 15 is 0 Å². The van der Waals surface area contributed by atoms with E-state index in [0.717, 1.165) is 32.1 Å². The summed E-state index contributed by atoms with van der Waals surface area (Å²) in [5.41, 5.74) is 3.77. The van der Waals surface area contributed by atoms with Crippen molar-refractivity contribution in [3.05, 3.63) is 23.3 Å². The van der Waals surface area contributed by atoms with Crippen LogP contribution in [0, 0.1) is 34.5 Å². The second kappa shape index (κ2) is 8.41. The molecule has 2 saturated carbocycles. The van der Waals surface area contributed by atoms with Gasteiger partial charge in [-0.1, -0.05) is 44.1 Å². The molecule has 0 aromatic heterocycles. The minimum atomic E-state index is -0.138. The molecule has 0 spiro atoms. The van der Waals surface area contributed by atoms with Crippen LogP contribution in [0.25, 0.3) is 0 Å². The summed E-state index contributed by atoms with van der Waals surface area (Å²) in [5, 5.41) is 0. The van der Waals surface area contributed by atoms with Gasteiger partial charge in [0, 0.05) is 13.3 Å². The predicted octanol–water partition coefficient (Wildman–Crippen LogP) is 6.01. The largest absolute Gasteiger partial charge is 0.469 e. The molecule has 0 saturated heterocycles. The Morgan fingerprint density at radius 1 is 1.16 bits per heavy atom. The van der Waals surface area contributed by atoms with Crippen molar-refractivity contribution in [1.82, 2.24) is 0 Å². The molecule has 7 atom stereocenters. The third-order valence-electron chi connectivity index (χ3n) is 9.49. The number of allylic oxidation sites excluding steroid dienone is 4. The van der Waals surface area contributed by atoms with Gasteiger partial charge in [-0.15, -0.1) is 0 Å². The highest BCUT2D eigenvalue weighted by atomic mass is 16.5. The Morgan fingerprint density at radius 3 is 2.65 bits per heavy atom. The van der Waals surface area contributed by atoms with Gasteiger partial charge in [0.2, 0.25) is 0 Å². The number of fused-ring (bicyclic) bond motifs is 5. The summed E-state index contributed by atoms with van der Waals surface area (Å²) in [6.07, 6.45) is 14.6. The van der Waals surface area contributed by atoms with Gasteiger partial charge in [-0.05, 0) is 85.9 Å². The molecular weight excluding hydrogens is 388 g/mol. The van der Waals surface area contributed by atoms with Crippen molar-refractivity contribution in [2.45, 2.75) is 91.6 Å². The molecule has 0 radical (unpaired) electrons. The van der Waals surface area contributed by atoms with Gasteiger partial charge in [-0.25, -0.2) is 0 Å². The summed E-state index contributed by atoms with van der Waals surface area (Å²) < 4.78 is 10.5. The number of methoxy groups -OCH3 is 1. The molecule has 0 aromatic rings. The van der Waals surface area contributed by atoms with Crippen LogP contribution in [0.15, 0.2) is 23.3 Å². The number of ether oxygens (including phenoxy) is 2. The topological polar surface area (TPSA) is 52.6 Å². The van der Waals surface area contributed by atoms with Crippen LogP contribution in [0.4, 0.5) is 0 Å². The van der Waals surface area contributed by atoms with E-state index in [1.54, 1.807) is 11.1 Å². The van der Waals surface area contributed by atoms with Crippen molar-refractivity contribution in [2.75, 3.05) is 7.11 Å². The summed E-state index contributed by atoms with van der Waals surface area (Å²) in [5.74, 6) is 2.17. The second-order valence-corrected chi connectivity index (χ2v) is 11.1. The number of hydrogen-bond acceptors (Lipinski definition) is 4. The van der Waals surface area contributed by atoms with Crippen molar-refractivity contribution in [3.8, 4) is 0 Å². The van der Waals surface area contributed by atoms with Crippen LogP contribution in [0.3, 0.4) is 0 Å². The highest BCUT2D eigenvalue weighted by molar-refractivity contribution is 5.69. The summed E-state index contributed by atoms with van der Waals surface area (Å²) in [7, 11) is 1.48. The molecule has 2 fully saturated rings. The molecule has 4 aliphatic carbocycles. The zero-order valence-corrected chi connectivity index (χ0v) is 20.0. The lowest BCUT2D eigenvalue weighted by Gasteiger charge is -2.57. The average molecular weight is 429 g/mol. The van der Waals surface area contributed by atoms with Crippen LogP contribution in [0.5, 0.6) is 0 Å². The molecule has 4 heteroatoms. The van der Waals surface area contributed by atoms with Gasteiger partial charge in [0.25, 0.3) is 0 Å². The highest BCUT2D eigenvalue weighted by Gasteiger charge is 2.55. The Labute approximate surface area is 187 Å². The molecule has 172 valence electrons. The van der Waals surface area contributed by atoms with Crippen LogP contribution in [0.1, 0.15) is 85.5 Å². The summed E-state index contributed by atoms with van der Waals surface area (Å²) in [6, 6.07) is 0. The van der Waals surface area contributed by atoms with Gasteiger partial charge in [0.15, 0.2) is 0 Å². The van der Waals surface area contributed by atoms with Crippen molar-refractivity contribution in [3.63, 3.8) is 0 Å². The van der Waals surface area contributed by atoms with E-state index in [9.17, 15) is 9.59 Å². The quantitative estimate of drug-likeness (QED) is 0.398. The molecule has 0 N–H and O–H groups in total. The molecule has 3 unspecified atom stereocenters. The van der Waals surface area contributed by atoms with Gasteiger partial charge in [-0.3, -0.25) is 9.59 Å². The van der Waals surface area contributed by atoms with E-state index in [0.29, 0.717) is 30.1 Å². The first-order valence-corrected chi connectivity index (χ1v) is 12.3. The second-order valence-electron chi connectivity index (χ2n) is 11.1. The van der Waals surface area contributed by atoms with Gasteiger partial charge in [0.1, 0.15) is 6.10 Å². The predicted molar refractivity (Wildman–Crippen MR) is 121 cm³/mol.